The van der Waals surface area contributed by atoms with E-state index >= 15 is 0 Å². The molecule has 20 heavy (non-hydrogen) atoms. The fraction of sp³-hybridized carbons (Fsp3) is 0.267. The second-order valence-corrected chi connectivity index (χ2v) is 5.75. The van der Waals surface area contributed by atoms with E-state index in [2.05, 4.69) is 27.0 Å². The number of ether oxygens (including phenoxy) is 1. The van der Waals surface area contributed by atoms with Crippen molar-refractivity contribution >= 4 is 15.9 Å². The highest BCUT2D eigenvalue weighted by Gasteiger charge is 2.21. The Morgan fingerprint density at radius 2 is 2.30 bits per heavy atom. The van der Waals surface area contributed by atoms with E-state index in [4.69, 9.17) is 10.5 Å². The van der Waals surface area contributed by atoms with Crippen molar-refractivity contribution < 1.29 is 9.13 Å². The van der Waals surface area contributed by atoms with Crippen LogP contribution in [0.25, 0.3) is 0 Å². The van der Waals surface area contributed by atoms with Crippen LogP contribution < -0.4 is 10.5 Å². The van der Waals surface area contributed by atoms with Crippen molar-refractivity contribution in [2.75, 3.05) is 6.61 Å². The maximum absolute atomic E-state index is 13.7. The molecule has 0 fully saturated rings. The van der Waals surface area contributed by atoms with E-state index in [1.54, 1.807) is 12.3 Å². The summed E-state index contributed by atoms with van der Waals surface area (Å²) in [5, 5.41) is 0. The predicted molar refractivity (Wildman–Crippen MR) is 78.2 cm³/mol. The van der Waals surface area contributed by atoms with Gasteiger partial charge in [0.15, 0.2) is 0 Å². The first-order valence-corrected chi connectivity index (χ1v) is 7.24. The largest absolute Gasteiger partial charge is 0.493 e. The zero-order valence-corrected chi connectivity index (χ0v) is 12.4. The first-order chi connectivity index (χ1) is 9.65. The SMILES string of the molecule is NC(Cc1cc(Br)cc2c1OCC2)c1ncccc1F. The number of halogens is 2. The summed E-state index contributed by atoms with van der Waals surface area (Å²) < 4.78 is 20.4. The van der Waals surface area contributed by atoms with E-state index in [0.29, 0.717) is 18.7 Å². The summed E-state index contributed by atoms with van der Waals surface area (Å²) in [6.07, 6.45) is 2.95. The highest BCUT2D eigenvalue weighted by molar-refractivity contribution is 9.10. The lowest BCUT2D eigenvalue weighted by Gasteiger charge is -2.14. The van der Waals surface area contributed by atoms with Crippen LogP contribution in [0.1, 0.15) is 22.9 Å². The molecule has 1 aliphatic heterocycles. The number of aromatic nitrogens is 1. The Morgan fingerprint density at radius 3 is 3.10 bits per heavy atom. The van der Waals surface area contributed by atoms with E-state index in [-0.39, 0.29) is 5.82 Å². The van der Waals surface area contributed by atoms with Crippen molar-refractivity contribution in [1.29, 1.82) is 0 Å². The second kappa shape index (κ2) is 5.50. The molecule has 2 N–H and O–H groups in total. The minimum absolute atomic E-state index is 0.291. The Labute approximate surface area is 125 Å². The number of benzene rings is 1. The summed E-state index contributed by atoms with van der Waals surface area (Å²) in [5.41, 5.74) is 8.55. The number of nitrogens with two attached hydrogens (primary N) is 1. The van der Waals surface area contributed by atoms with E-state index < -0.39 is 6.04 Å². The molecule has 1 aromatic heterocycles. The minimum Gasteiger partial charge on any atom is -0.493 e. The quantitative estimate of drug-likeness (QED) is 0.936. The molecule has 0 amide bonds. The van der Waals surface area contributed by atoms with E-state index in [9.17, 15) is 4.39 Å². The number of hydrogen-bond acceptors (Lipinski definition) is 3. The molecule has 1 atom stereocenters. The highest BCUT2D eigenvalue weighted by atomic mass is 79.9. The molecule has 0 bridgehead atoms. The smallest absolute Gasteiger partial charge is 0.146 e. The molecular formula is C15H14BrFN2O. The van der Waals surface area contributed by atoms with Crippen LogP contribution in [0.2, 0.25) is 0 Å². The summed E-state index contributed by atoms with van der Waals surface area (Å²) in [6.45, 7) is 0.686. The Balaban J connectivity index is 1.90. The number of pyridine rings is 1. The molecule has 0 radical (unpaired) electrons. The molecule has 3 rings (SSSR count). The highest BCUT2D eigenvalue weighted by Crippen LogP contribution is 2.35. The summed E-state index contributed by atoms with van der Waals surface area (Å²) in [5.74, 6) is 0.521. The van der Waals surface area contributed by atoms with Crippen LogP contribution in [0, 0.1) is 5.82 Å². The van der Waals surface area contributed by atoms with Gasteiger partial charge in [-0.3, -0.25) is 4.98 Å². The van der Waals surface area contributed by atoms with Crippen LogP contribution in [0.15, 0.2) is 34.9 Å². The van der Waals surface area contributed by atoms with Gasteiger partial charge >= 0.3 is 0 Å². The summed E-state index contributed by atoms with van der Waals surface area (Å²) in [4.78, 5) is 4.04. The van der Waals surface area contributed by atoms with Crippen LogP contribution in [-0.4, -0.2) is 11.6 Å². The molecule has 0 saturated heterocycles. The van der Waals surface area contributed by atoms with Crippen molar-refractivity contribution in [3.8, 4) is 5.75 Å². The Hall–Kier alpha value is -1.46. The maximum Gasteiger partial charge on any atom is 0.146 e. The second-order valence-electron chi connectivity index (χ2n) is 4.83. The Morgan fingerprint density at radius 1 is 1.45 bits per heavy atom. The Kier molecular flexibility index (Phi) is 3.72. The van der Waals surface area contributed by atoms with E-state index in [1.165, 1.54) is 11.6 Å². The molecule has 1 unspecified atom stereocenters. The third-order valence-electron chi connectivity index (χ3n) is 3.40. The van der Waals surface area contributed by atoms with Gasteiger partial charge in [0.2, 0.25) is 0 Å². The van der Waals surface area contributed by atoms with Gasteiger partial charge in [0.1, 0.15) is 11.6 Å². The molecular weight excluding hydrogens is 323 g/mol. The first kappa shape index (κ1) is 13.5. The molecule has 2 aromatic rings. The molecule has 2 heterocycles. The van der Waals surface area contributed by atoms with Gasteiger partial charge in [-0.1, -0.05) is 15.9 Å². The molecule has 0 saturated carbocycles. The lowest BCUT2D eigenvalue weighted by Crippen LogP contribution is -2.17. The molecule has 5 heteroatoms. The number of rotatable bonds is 3. The fourth-order valence-corrected chi connectivity index (χ4v) is 3.05. The molecule has 0 aliphatic carbocycles. The van der Waals surface area contributed by atoms with Gasteiger partial charge in [0, 0.05) is 17.1 Å². The van der Waals surface area contributed by atoms with Crippen molar-refractivity contribution in [3.63, 3.8) is 0 Å². The van der Waals surface area contributed by atoms with Crippen molar-refractivity contribution in [2.24, 2.45) is 5.73 Å². The predicted octanol–water partition coefficient (Wildman–Crippen LogP) is 3.16. The van der Waals surface area contributed by atoms with Crippen LogP contribution in [0.3, 0.4) is 0 Å². The molecule has 104 valence electrons. The third kappa shape index (κ3) is 2.55. The van der Waals surface area contributed by atoms with E-state index in [1.807, 2.05) is 6.07 Å². The van der Waals surface area contributed by atoms with Crippen LogP contribution in [0.4, 0.5) is 4.39 Å². The van der Waals surface area contributed by atoms with Gasteiger partial charge in [0.25, 0.3) is 0 Å². The zero-order valence-electron chi connectivity index (χ0n) is 10.8. The Bertz CT molecular complexity index is 648. The summed E-state index contributed by atoms with van der Waals surface area (Å²) in [6, 6.07) is 6.48. The van der Waals surface area contributed by atoms with Gasteiger partial charge in [-0.15, -0.1) is 0 Å². The van der Waals surface area contributed by atoms with Crippen LogP contribution >= 0.6 is 15.9 Å². The zero-order chi connectivity index (χ0) is 14.1. The first-order valence-electron chi connectivity index (χ1n) is 6.45. The maximum atomic E-state index is 13.7. The molecule has 3 nitrogen and oxygen atoms in total. The van der Waals surface area contributed by atoms with Crippen molar-refractivity contribution in [1.82, 2.24) is 4.98 Å². The van der Waals surface area contributed by atoms with Gasteiger partial charge in [0.05, 0.1) is 18.3 Å². The summed E-state index contributed by atoms with van der Waals surface area (Å²) in [7, 11) is 0. The van der Waals surface area contributed by atoms with Crippen molar-refractivity contribution in [3.05, 3.63) is 57.6 Å². The van der Waals surface area contributed by atoms with Gasteiger partial charge < -0.3 is 10.5 Å². The standard InChI is InChI=1S/C15H14BrFN2O/c16-11-6-9-3-5-20-15(9)10(7-11)8-13(18)14-12(17)2-1-4-19-14/h1-2,4,6-7,13H,3,5,8,18H2. The van der Waals surface area contributed by atoms with Gasteiger partial charge in [-0.2, -0.15) is 0 Å². The molecule has 1 aromatic carbocycles. The van der Waals surface area contributed by atoms with Crippen LogP contribution in [0.5, 0.6) is 5.75 Å². The van der Waals surface area contributed by atoms with Gasteiger partial charge in [-0.05, 0) is 41.8 Å². The average Bonchev–Trinajstić information content (AvgIpc) is 2.87. The number of hydrogen-bond donors (Lipinski definition) is 1. The number of fused-ring (bicyclic) bond motifs is 1. The van der Waals surface area contributed by atoms with Crippen molar-refractivity contribution in [2.45, 2.75) is 18.9 Å². The minimum atomic E-state index is -0.487. The lowest BCUT2D eigenvalue weighted by atomic mass is 10.00. The average molecular weight is 337 g/mol. The number of nitrogens with zero attached hydrogens (tertiary/aromatic N) is 1. The normalized spacial score (nSPS) is 14.8. The third-order valence-corrected chi connectivity index (χ3v) is 3.86. The molecule has 0 spiro atoms. The summed E-state index contributed by atoms with van der Waals surface area (Å²) >= 11 is 3.49. The monoisotopic (exact) mass is 336 g/mol. The van der Waals surface area contributed by atoms with Gasteiger partial charge in [-0.25, -0.2) is 4.39 Å². The van der Waals surface area contributed by atoms with Crippen LogP contribution in [-0.2, 0) is 12.8 Å². The fourth-order valence-electron chi connectivity index (χ4n) is 2.50. The van der Waals surface area contributed by atoms with E-state index in [0.717, 1.165) is 22.2 Å². The molecule has 1 aliphatic rings. The topological polar surface area (TPSA) is 48.1 Å². The lowest BCUT2D eigenvalue weighted by molar-refractivity contribution is 0.352.